The third-order valence-electron chi connectivity index (χ3n) is 5.84. The molecule has 0 aromatic carbocycles. The van der Waals surface area contributed by atoms with Crippen LogP contribution in [0.25, 0.3) is 5.70 Å². The van der Waals surface area contributed by atoms with Crippen molar-refractivity contribution in [1.29, 1.82) is 0 Å². The summed E-state index contributed by atoms with van der Waals surface area (Å²) in [4.78, 5) is 29.0. The molecule has 3 aliphatic rings. The molecule has 2 aromatic heterocycles. The van der Waals surface area contributed by atoms with Crippen LogP contribution >= 0.6 is 0 Å². The maximum atomic E-state index is 12.2. The third kappa shape index (κ3) is 3.13. The Morgan fingerprint density at radius 2 is 2.00 bits per heavy atom. The van der Waals surface area contributed by atoms with Crippen LogP contribution in [0.5, 0.6) is 0 Å². The van der Waals surface area contributed by atoms with Crippen molar-refractivity contribution in [3.05, 3.63) is 54.4 Å². The molecule has 7 heteroatoms. The highest BCUT2D eigenvalue weighted by Crippen LogP contribution is 2.53. The number of pyridine rings is 2. The predicted molar refractivity (Wildman–Crippen MR) is 109 cm³/mol. The number of aliphatic imine (C=N–C) groups is 1. The molecule has 1 saturated carbocycles. The lowest BCUT2D eigenvalue weighted by molar-refractivity contribution is 0.256. The van der Waals surface area contributed by atoms with Gasteiger partial charge in [0.2, 0.25) is 0 Å². The minimum Gasteiger partial charge on any atom is -0.398 e. The van der Waals surface area contributed by atoms with E-state index in [1.54, 1.807) is 24.5 Å². The molecule has 2 amide bonds. The molecule has 2 aliphatic heterocycles. The summed E-state index contributed by atoms with van der Waals surface area (Å²) in [5.74, 6) is 1.60. The zero-order valence-corrected chi connectivity index (χ0v) is 15.6. The molecule has 1 saturated heterocycles. The number of rotatable bonds is 4. The van der Waals surface area contributed by atoms with Crippen molar-refractivity contribution in [2.75, 3.05) is 29.4 Å². The Labute approximate surface area is 163 Å². The molecule has 0 atom stereocenters. The zero-order chi connectivity index (χ0) is 19.1. The van der Waals surface area contributed by atoms with E-state index < -0.39 is 0 Å². The van der Waals surface area contributed by atoms with E-state index >= 15 is 0 Å². The number of urea groups is 1. The van der Waals surface area contributed by atoms with E-state index in [2.05, 4.69) is 19.9 Å². The van der Waals surface area contributed by atoms with Gasteiger partial charge in [-0.2, -0.15) is 4.99 Å². The van der Waals surface area contributed by atoms with E-state index in [1.807, 2.05) is 24.3 Å². The minimum atomic E-state index is -0.325. The molecule has 2 fully saturated rings. The Kier molecular flexibility index (Phi) is 3.89. The van der Waals surface area contributed by atoms with Gasteiger partial charge in [0.25, 0.3) is 0 Å². The van der Waals surface area contributed by atoms with Crippen LogP contribution in [-0.4, -0.2) is 41.3 Å². The van der Waals surface area contributed by atoms with Crippen LogP contribution < -0.4 is 15.5 Å². The van der Waals surface area contributed by atoms with Gasteiger partial charge in [-0.3, -0.25) is 4.90 Å². The first-order valence-electron chi connectivity index (χ1n) is 9.61. The van der Waals surface area contributed by atoms with Crippen LogP contribution in [0.3, 0.4) is 0 Å². The largest absolute Gasteiger partial charge is 0.398 e. The molecule has 142 valence electrons. The zero-order valence-electron chi connectivity index (χ0n) is 15.6. The topological polar surface area (TPSA) is 87.7 Å². The molecule has 4 heterocycles. The SMILES string of the molecule is NC(=CC1=NC(=O)N(c2ccccn2)C1)c1ccc(N2CCC3(CC3)C2)nc1. The molecular weight excluding hydrogens is 352 g/mol. The fourth-order valence-electron chi connectivity index (χ4n) is 3.94. The highest BCUT2D eigenvalue weighted by molar-refractivity contribution is 6.17. The summed E-state index contributed by atoms with van der Waals surface area (Å²) in [7, 11) is 0. The van der Waals surface area contributed by atoms with E-state index in [0.29, 0.717) is 29.2 Å². The second-order valence-corrected chi connectivity index (χ2v) is 7.84. The molecule has 2 N–H and O–H groups in total. The molecule has 28 heavy (non-hydrogen) atoms. The quantitative estimate of drug-likeness (QED) is 0.889. The van der Waals surface area contributed by atoms with E-state index in [1.165, 1.54) is 24.2 Å². The smallest absolute Gasteiger partial charge is 0.349 e. The van der Waals surface area contributed by atoms with Gasteiger partial charge in [-0.05, 0) is 55.0 Å². The predicted octanol–water partition coefficient (Wildman–Crippen LogP) is 2.85. The monoisotopic (exact) mass is 374 g/mol. The molecule has 0 radical (unpaired) electrons. The number of carbonyl (C=O) groups is 1. The van der Waals surface area contributed by atoms with E-state index in [-0.39, 0.29) is 6.03 Å². The Morgan fingerprint density at radius 1 is 1.11 bits per heavy atom. The Balaban J connectivity index is 1.28. The maximum Gasteiger partial charge on any atom is 0.349 e. The third-order valence-corrected chi connectivity index (χ3v) is 5.84. The number of nitrogens with zero attached hydrogens (tertiary/aromatic N) is 5. The van der Waals surface area contributed by atoms with Gasteiger partial charge in [-0.15, -0.1) is 0 Å². The second-order valence-electron chi connectivity index (χ2n) is 7.84. The van der Waals surface area contributed by atoms with Gasteiger partial charge >= 0.3 is 6.03 Å². The highest BCUT2D eigenvalue weighted by atomic mass is 16.2. The Hall–Kier alpha value is -3.22. The Morgan fingerprint density at radius 3 is 2.68 bits per heavy atom. The minimum absolute atomic E-state index is 0.325. The van der Waals surface area contributed by atoms with E-state index in [0.717, 1.165) is 24.5 Å². The first-order chi connectivity index (χ1) is 13.6. The van der Waals surface area contributed by atoms with Crippen molar-refractivity contribution in [2.24, 2.45) is 16.1 Å². The lowest BCUT2D eigenvalue weighted by Gasteiger charge is -2.17. The number of hydrogen-bond donors (Lipinski definition) is 1. The highest BCUT2D eigenvalue weighted by Gasteiger charge is 2.47. The molecule has 2 aromatic rings. The van der Waals surface area contributed by atoms with Crippen LogP contribution in [0.15, 0.2) is 53.8 Å². The van der Waals surface area contributed by atoms with Crippen LogP contribution in [0, 0.1) is 5.41 Å². The summed E-state index contributed by atoms with van der Waals surface area (Å²) < 4.78 is 0. The fourth-order valence-corrected chi connectivity index (χ4v) is 3.94. The Bertz CT molecular complexity index is 962. The van der Waals surface area contributed by atoms with E-state index in [4.69, 9.17) is 5.73 Å². The normalized spacial score (nSPS) is 20.8. The molecule has 0 unspecified atom stereocenters. The van der Waals surface area contributed by atoms with Crippen LogP contribution in [0.2, 0.25) is 0 Å². The number of aromatic nitrogens is 2. The molecule has 1 spiro atoms. The fraction of sp³-hybridized carbons (Fsp3) is 0.333. The van der Waals surface area contributed by atoms with Crippen LogP contribution in [0.1, 0.15) is 24.8 Å². The van der Waals surface area contributed by atoms with Gasteiger partial charge in [0.05, 0.1) is 12.3 Å². The number of amides is 2. The number of nitrogens with two attached hydrogens (primary N) is 1. The van der Waals surface area contributed by atoms with E-state index in [9.17, 15) is 4.79 Å². The summed E-state index contributed by atoms with van der Waals surface area (Å²) in [5, 5.41) is 0. The molecular formula is C21H22N6O. The summed E-state index contributed by atoms with van der Waals surface area (Å²) >= 11 is 0. The van der Waals surface area contributed by atoms with Crippen molar-refractivity contribution in [3.63, 3.8) is 0 Å². The lowest BCUT2D eigenvalue weighted by atomic mass is 10.1. The first-order valence-corrected chi connectivity index (χ1v) is 9.61. The first kappa shape index (κ1) is 16.9. The van der Waals surface area contributed by atoms with Gasteiger partial charge in [-0.1, -0.05) is 6.07 Å². The number of hydrogen-bond acceptors (Lipinski definition) is 5. The second kappa shape index (κ2) is 6.44. The maximum absolute atomic E-state index is 12.2. The average molecular weight is 374 g/mol. The van der Waals surface area contributed by atoms with Gasteiger partial charge in [0.15, 0.2) is 0 Å². The summed E-state index contributed by atoms with van der Waals surface area (Å²) in [6.45, 7) is 2.56. The number of anilines is 2. The van der Waals surface area contributed by atoms with Crippen molar-refractivity contribution < 1.29 is 4.79 Å². The lowest BCUT2D eigenvalue weighted by Crippen LogP contribution is -2.26. The molecule has 5 rings (SSSR count). The average Bonchev–Trinajstić information content (AvgIpc) is 3.18. The standard InChI is InChI=1S/C21H22N6O/c22-17(11-16-13-27(20(28)25-16)19-3-1-2-9-23-19)15-4-5-18(24-12-15)26-10-8-21(14-26)6-7-21/h1-5,9,11-12H,6-8,10,13-14,22H2. The summed E-state index contributed by atoms with van der Waals surface area (Å²) in [6, 6.07) is 9.13. The van der Waals surface area contributed by atoms with Crippen molar-refractivity contribution in [1.82, 2.24) is 9.97 Å². The van der Waals surface area contributed by atoms with Crippen molar-refractivity contribution >= 4 is 29.1 Å². The van der Waals surface area contributed by atoms with Crippen LogP contribution in [0.4, 0.5) is 16.4 Å². The van der Waals surface area contributed by atoms with Gasteiger partial charge in [0.1, 0.15) is 11.6 Å². The van der Waals surface area contributed by atoms with Gasteiger partial charge in [-0.25, -0.2) is 14.8 Å². The molecule has 7 nitrogen and oxygen atoms in total. The van der Waals surface area contributed by atoms with Crippen molar-refractivity contribution in [3.8, 4) is 0 Å². The summed E-state index contributed by atoms with van der Waals surface area (Å²) in [6.07, 6.45) is 9.18. The van der Waals surface area contributed by atoms with Crippen LogP contribution in [-0.2, 0) is 0 Å². The van der Waals surface area contributed by atoms with Gasteiger partial charge in [0, 0.05) is 36.7 Å². The molecule has 0 bridgehead atoms. The number of carbonyl (C=O) groups excluding carboxylic acids is 1. The summed E-state index contributed by atoms with van der Waals surface area (Å²) in [5.41, 5.74) is 8.81. The molecule has 1 aliphatic carbocycles. The van der Waals surface area contributed by atoms with Crippen molar-refractivity contribution in [2.45, 2.75) is 19.3 Å². The van der Waals surface area contributed by atoms with Gasteiger partial charge < -0.3 is 10.6 Å².